The van der Waals surface area contributed by atoms with Crippen molar-refractivity contribution in [1.82, 2.24) is 4.98 Å². The smallest absolute Gasteiger partial charge is 0.274 e. The summed E-state index contributed by atoms with van der Waals surface area (Å²) in [5.74, 6) is -0.424. The molecule has 0 bridgehead atoms. The van der Waals surface area contributed by atoms with Crippen molar-refractivity contribution in [2.24, 2.45) is 0 Å². The van der Waals surface area contributed by atoms with Crippen LogP contribution in [0.25, 0.3) is 10.8 Å². The van der Waals surface area contributed by atoms with Gasteiger partial charge in [0.1, 0.15) is 5.69 Å². The zero-order valence-electron chi connectivity index (χ0n) is 15.5. The number of carbonyl (C=O) groups is 1. The first-order valence-electron chi connectivity index (χ1n) is 8.96. The normalized spacial score (nSPS) is 11.2. The lowest BCUT2D eigenvalue weighted by Crippen LogP contribution is -2.16. The number of anilines is 2. The van der Waals surface area contributed by atoms with Gasteiger partial charge >= 0.3 is 0 Å². The Kier molecular flexibility index (Phi) is 5.39. The van der Waals surface area contributed by atoms with Crippen molar-refractivity contribution in [3.63, 3.8) is 0 Å². The average Bonchev–Trinajstić information content (AvgIpc) is 2.75. The Balaban J connectivity index is 1.58. The third kappa shape index (κ3) is 4.27. The molecule has 0 unspecified atom stereocenters. The van der Waals surface area contributed by atoms with Crippen LogP contribution in [0.5, 0.6) is 0 Å². The molecule has 4 aromatic rings. The van der Waals surface area contributed by atoms with Gasteiger partial charge in [0.05, 0.1) is 4.90 Å². The van der Waals surface area contributed by atoms with Gasteiger partial charge in [0, 0.05) is 28.0 Å². The van der Waals surface area contributed by atoms with E-state index in [2.05, 4.69) is 15.0 Å². The molecular formula is C22H16ClN3O3S. The van der Waals surface area contributed by atoms with Crippen molar-refractivity contribution in [2.45, 2.75) is 4.90 Å². The summed E-state index contributed by atoms with van der Waals surface area (Å²) in [5, 5.41) is 4.83. The second-order valence-corrected chi connectivity index (χ2v) is 8.59. The third-order valence-electron chi connectivity index (χ3n) is 4.39. The van der Waals surface area contributed by atoms with Gasteiger partial charge in [-0.05, 0) is 53.9 Å². The molecule has 0 atom stereocenters. The highest BCUT2D eigenvalue weighted by molar-refractivity contribution is 7.92. The Morgan fingerprint density at radius 3 is 2.43 bits per heavy atom. The largest absolute Gasteiger partial charge is 0.321 e. The van der Waals surface area contributed by atoms with E-state index in [0.29, 0.717) is 21.8 Å². The molecule has 8 heteroatoms. The summed E-state index contributed by atoms with van der Waals surface area (Å²) in [6.07, 6.45) is 1.56. The summed E-state index contributed by atoms with van der Waals surface area (Å²) in [6, 6.07) is 21.6. The molecule has 150 valence electrons. The average molecular weight is 438 g/mol. The van der Waals surface area contributed by atoms with E-state index in [1.165, 1.54) is 12.1 Å². The number of benzene rings is 3. The van der Waals surface area contributed by atoms with Crippen LogP contribution in [0.3, 0.4) is 0 Å². The molecule has 0 aliphatic heterocycles. The summed E-state index contributed by atoms with van der Waals surface area (Å²) < 4.78 is 27.9. The SMILES string of the molecule is O=C(Nc1cccc(S(=O)(=O)Nc2ccc(Cl)cc2)c1)c1nccc2ccccc12. The highest BCUT2D eigenvalue weighted by Gasteiger charge is 2.17. The number of nitrogens with zero attached hydrogens (tertiary/aromatic N) is 1. The molecule has 0 spiro atoms. The zero-order valence-corrected chi connectivity index (χ0v) is 17.1. The lowest BCUT2D eigenvalue weighted by Gasteiger charge is -2.11. The molecule has 0 aliphatic rings. The number of halogens is 1. The van der Waals surface area contributed by atoms with Crippen LogP contribution in [0.4, 0.5) is 11.4 Å². The summed E-state index contributed by atoms with van der Waals surface area (Å²) >= 11 is 5.83. The van der Waals surface area contributed by atoms with Crippen LogP contribution in [-0.4, -0.2) is 19.3 Å². The quantitative estimate of drug-likeness (QED) is 0.462. The van der Waals surface area contributed by atoms with Gasteiger partial charge in [-0.3, -0.25) is 14.5 Å². The molecule has 0 fully saturated rings. The maximum atomic E-state index is 12.8. The molecule has 0 saturated heterocycles. The van der Waals surface area contributed by atoms with Gasteiger partial charge in [-0.1, -0.05) is 41.9 Å². The fourth-order valence-corrected chi connectivity index (χ4v) is 4.19. The van der Waals surface area contributed by atoms with Crippen molar-refractivity contribution >= 4 is 49.7 Å². The van der Waals surface area contributed by atoms with Crippen LogP contribution in [0.1, 0.15) is 10.5 Å². The van der Waals surface area contributed by atoms with Gasteiger partial charge in [-0.2, -0.15) is 0 Å². The summed E-state index contributed by atoms with van der Waals surface area (Å²) in [6.45, 7) is 0. The number of sulfonamides is 1. The number of carbonyl (C=O) groups excluding carboxylic acids is 1. The van der Waals surface area contributed by atoms with Crippen LogP contribution < -0.4 is 10.0 Å². The highest BCUT2D eigenvalue weighted by Crippen LogP contribution is 2.22. The predicted molar refractivity (Wildman–Crippen MR) is 118 cm³/mol. The topological polar surface area (TPSA) is 88.2 Å². The predicted octanol–water partition coefficient (Wildman–Crippen LogP) is 4.94. The van der Waals surface area contributed by atoms with E-state index in [1.807, 2.05) is 30.3 Å². The fourth-order valence-electron chi connectivity index (χ4n) is 2.96. The van der Waals surface area contributed by atoms with Crippen molar-refractivity contribution in [3.05, 3.63) is 95.8 Å². The van der Waals surface area contributed by atoms with Crippen molar-refractivity contribution in [2.75, 3.05) is 10.0 Å². The van der Waals surface area contributed by atoms with E-state index in [-0.39, 0.29) is 10.6 Å². The maximum absolute atomic E-state index is 12.8. The van der Waals surface area contributed by atoms with Gasteiger partial charge in [0.2, 0.25) is 0 Å². The number of aromatic nitrogens is 1. The van der Waals surface area contributed by atoms with Crippen molar-refractivity contribution < 1.29 is 13.2 Å². The third-order valence-corrected chi connectivity index (χ3v) is 6.02. The first-order valence-corrected chi connectivity index (χ1v) is 10.8. The maximum Gasteiger partial charge on any atom is 0.274 e. The summed E-state index contributed by atoms with van der Waals surface area (Å²) in [7, 11) is -3.84. The number of pyridine rings is 1. The number of fused-ring (bicyclic) bond motifs is 1. The minimum Gasteiger partial charge on any atom is -0.321 e. The van der Waals surface area contributed by atoms with E-state index in [9.17, 15) is 13.2 Å². The molecule has 30 heavy (non-hydrogen) atoms. The standard InChI is InChI=1S/C22H16ClN3O3S/c23-16-8-10-17(11-9-16)26-30(28,29)19-6-3-5-18(14-19)25-22(27)21-20-7-2-1-4-15(20)12-13-24-21/h1-14,26H,(H,25,27). The fraction of sp³-hybridized carbons (Fsp3) is 0. The summed E-state index contributed by atoms with van der Waals surface area (Å²) in [4.78, 5) is 17.0. The van der Waals surface area contributed by atoms with Gasteiger partial charge in [0.25, 0.3) is 15.9 Å². The second kappa shape index (κ2) is 8.14. The van der Waals surface area contributed by atoms with E-state index < -0.39 is 15.9 Å². The first kappa shape index (κ1) is 19.9. The van der Waals surface area contributed by atoms with Crippen LogP contribution in [0.2, 0.25) is 5.02 Å². The monoisotopic (exact) mass is 437 g/mol. The molecule has 0 aliphatic carbocycles. The molecule has 1 amide bonds. The number of nitrogens with one attached hydrogen (secondary N) is 2. The number of rotatable bonds is 5. The van der Waals surface area contributed by atoms with Gasteiger partial charge in [-0.25, -0.2) is 8.42 Å². The van der Waals surface area contributed by atoms with Gasteiger partial charge < -0.3 is 5.32 Å². The number of hydrogen-bond acceptors (Lipinski definition) is 4. The Bertz CT molecular complexity index is 1330. The highest BCUT2D eigenvalue weighted by atomic mass is 35.5. The Morgan fingerprint density at radius 2 is 1.63 bits per heavy atom. The van der Waals surface area contributed by atoms with Crippen LogP contribution in [-0.2, 0) is 10.0 Å². The Labute approximate surface area is 178 Å². The van der Waals surface area contributed by atoms with Crippen LogP contribution in [0.15, 0.2) is 90.0 Å². The lowest BCUT2D eigenvalue weighted by atomic mass is 10.1. The van der Waals surface area contributed by atoms with E-state index in [1.54, 1.807) is 42.6 Å². The van der Waals surface area contributed by atoms with Crippen LogP contribution >= 0.6 is 11.6 Å². The first-order chi connectivity index (χ1) is 14.4. The molecule has 3 aromatic carbocycles. The zero-order chi connectivity index (χ0) is 21.1. The molecule has 1 heterocycles. The summed E-state index contributed by atoms with van der Waals surface area (Å²) in [5.41, 5.74) is 0.989. The van der Waals surface area contributed by atoms with Crippen molar-refractivity contribution in [1.29, 1.82) is 0 Å². The Morgan fingerprint density at radius 1 is 0.867 bits per heavy atom. The molecule has 4 rings (SSSR count). The molecule has 2 N–H and O–H groups in total. The van der Waals surface area contributed by atoms with Gasteiger partial charge in [0.15, 0.2) is 0 Å². The van der Waals surface area contributed by atoms with E-state index in [4.69, 9.17) is 11.6 Å². The van der Waals surface area contributed by atoms with E-state index in [0.717, 1.165) is 5.39 Å². The minimum absolute atomic E-state index is 0.0149. The molecule has 0 radical (unpaired) electrons. The van der Waals surface area contributed by atoms with Crippen molar-refractivity contribution in [3.8, 4) is 0 Å². The van der Waals surface area contributed by atoms with Crippen LogP contribution in [0, 0.1) is 0 Å². The van der Waals surface area contributed by atoms with E-state index >= 15 is 0 Å². The molecule has 1 aromatic heterocycles. The molecular weight excluding hydrogens is 422 g/mol. The molecule has 6 nitrogen and oxygen atoms in total. The second-order valence-electron chi connectivity index (χ2n) is 6.48. The minimum atomic E-state index is -3.84. The van der Waals surface area contributed by atoms with Gasteiger partial charge in [-0.15, -0.1) is 0 Å². The lowest BCUT2D eigenvalue weighted by molar-refractivity contribution is 0.102. The number of hydrogen-bond donors (Lipinski definition) is 2. The molecule has 0 saturated carbocycles. The Hall–Kier alpha value is -3.42. The number of amides is 1.